The van der Waals surface area contributed by atoms with Crippen LogP contribution < -0.4 is 11.5 Å². The quantitative estimate of drug-likeness (QED) is 0.291. The van der Waals surface area contributed by atoms with Gasteiger partial charge in [-0.15, -0.1) is 0 Å². The van der Waals surface area contributed by atoms with E-state index >= 15 is 0 Å². The van der Waals surface area contributed by atoms with Gasteiger partial charge in [-0.1, -0.05) is 51.2 Å². The van der Waals surface area contributed by atoms with Gasteiger partial charge < -0.3 is 21.7 Å². The van der Waals surface area contributed by atoms with Crippen molar-refractivity contribution >= 4 is 11.4 Å². The first-order chi connectivity index (χ1) is 12.4. The molecule has 5 heteroatoms. The first-order valence-corrected chi connectivity index (χ1v) is 9.18. The van der Waals surface area contributed by atoms with E-state index in [0.29, 0.717) is 17.5 Å². The van der Waals surface area contributed by atoms with Gasteiger partial charge in [-0.25, -0.2) is 4.39 Å². The Labute approximate surface area is 154 Å². The van der Waals surface area contributed by atoms with Gasteiger partial charge in [0.15, 0.2) is 0 Å². The molecule has 0 spiro atoms. The number of hydrogen-bond donors (Lipinski definition) is 4. The third-order valence-electron chi connectivity index (χ3n) is 5.10. The van der Waals surface area contributed by atoms with Crippen LogP contribution in [0.5, 0.6) is 11.5 Å². The fraction of sp³-hybridized carbons (Fsp3) is 0.429. The Bertz CT molecular complexity index is 682. The maximum Gasteiger partial charge on any atom is 0.138 e. The zero-order valence-electron chi connectivity index (χ0n) is 15.3. The molecule has 2 aromatic rings. The second kappa shape index (κ2) is 8.79. The molecule has 0 radical (unpaired) electrons. The molecule has 0 heterocycles. The molecule has 0 saturated heterocycles. The topological polar surface area (TPSA) is 92.5 Å². The molecule has 4 nitrogen and oxygen atoms in total. The van der Waals surface area contributed by atoms with Crippen LogP contribution in [0.3, 0.4) is 0 Å². The number of nitrogen functional groups attached to an aromatic ring is 2. The second-order valence-corrected chi connectivity index (χ2v) is 6.93. The maximum absolute atomic E-state index is 14.5. The molecule has 0 aromatic heterocycles. The van der Waals surface area contributed by atoms with Crippen LogP contribution in [0.1, 0.15) is 56.6 Å². The number of nitrogens with two attached hydrogens (primary N) is 2. The van der Waals surface area contributed by atoms with Gasteiger partial charge in [-0.2, -0.15) is 0 Å². The van der Waals surface area contributed by atoms with Gasteiger partial charge in [-0.3, -0.25) is 0 Å². The highest BCUT2D eigenvalue weighted by molar-refractivity contribution is 5.59. The number of unbranched alkanes of at least 4 members (excludes halogenated alkanes) is 4. The molecular weight excluding hydrogens is 331 g/mol. The number of halogens is 1. The van der Waals surface area contributed by atoms with Crippen molar-refractivity contribution in [2.45, 2.75) is 50.9 Å². The summed E-state index contributed by atoms with van der Waals surface area (Å²) in [5.74, 6) is -0.0376. The lowest BCUT2D eigenvalue weighted by Gasteiger charge is -2.33. The Kier molecular flexibility index (Phi) is 6.72. The van der Waals surface area contributed by atoms with Crippen molar-refractivity contribution in [3.63, 3.8) is 0 Å². The highest BCUT2D eigenvalue weighted by Crippen LogP contribution is 2.41. The highest BCUT2D eigenvalue weighted by atomic mass is 19.1. The van der Waals surface area contributed by atoms with Crippen LogP contribution in [0.25, 0.3) is 0 Å². The summed E-state index contributed by atoms with van der Waals surface area (Å²) in [4.78, 5) is 0. The number of benzene rings is 2. The summed E-state index contributed by atoms with van der Waals surface area (Å²) in [6, 6.07) is 9.67. The Hall–Kier alpha value is -2.43. The average molecular weight is 360 g/mol. The summed E-state index contributed by atoms with van der Waals surface area (Å²) < 4.78 is 14.5. The van der Waals surface area contributed by atoms with E-state index in [1.807, 2.05) is 0 Å². The minimum absolute atomic E-state index is 0.0188. The van der Waals surface area contributed by atoms with E-state index in [1.165, 1.54) is 18.6 Å². The van der Waals surface area contributed by atoms with Crippen LogP contribution in [0.4, 0.5) is 15.8 Å². The minimum Gasteiger partial charge on any atom is -0.506 e. The molecule has 0 aliphatic rings. The van der Waals surface area contributed by atoms with E-state index in [1.54, 1.807) is 24.3 Å². The van der Waals surface area contributed by atoms with Gasteiger partial charge in [0.05, 0.1) is 11.4 Å². The van der Waals surface area contributed by atoms with Crippen LogP contribution in [-0.4, -0.2) is 16.9 Å². The Morgan fingerprint density at radius 3 is 1.77 bits per heavy atom. The lowest BCUT2D eigenvalue weighted by Crippen LogP contribution is -2.30. The van der Waals surface area contributed by atoms with E-state index in [2.05, 4.69) is 6.92 Å². The third-order valence-corrected chi connectivity index (χ3v) is 5.10. The fourth-order valence-electron chi connectivity index (χ4n) is 3.41. The fourth-order valence-corrected chi connectivity index (χ4v) is 3.41. The van der Waals surface area contributed by atoms with Crippen molar-refractivity contribution in [3.05, 3.63) is 47.5 Å². The summed E-state index contributed by atoms with van der Waals surface area (Å²) in [7, 11) is 0. The van der Waals surface area contributed by atoms with Crippen molar-refractivity contribution in [3.8, 4) is 11.5 Å². The second-order valence-electron chi connectivity index (χ2n) is 6.93. The molecule has 6 N–H and O–H groups in total. The number of hydrogen-bond acceptors (Lipinski definition) is 4. The molecule has 0 saturated carbocycles. The number of anilines is 2. The Balaban J connectivity index is 2.43. The van der Waals surface area contributed by atoms with Crippen molar-refractivity contribution in [1.29, 1.82) is 0 Å². The first kappa shape index (κ1) is 19.9. The van der Waals surface area contributed by atoms with Crippen molar-refractivity contribution in [1.82, 2.24) is 0 Å². The predicted molar refractivity (Wildman–Crippen MR) is 105 cm³/mol. The van der Waals surface area contributed by atoms with Crippen LogP contribution >= 0.6 is 0 Å². The van der Waals surface area contributed by atoms with E-state index < -0.39 is 12.1 Å². The summed E-state index contributed by atoms with van der Waals surface area (Å²) in [5.41, 5.74) is 12.7. The van der Waals surface area contributed by atoms with E-state index in [-0.39, 0.29) is 22.9 Å². The van der Waals surface area contributed by atoms with Gasteiger partial charge in [-0.05, 0) is 41.8 Å². The Morgan fingerprint density at radius 2 is 1.35 bits per heavy atom. The smallest absolute Gasteiger partial charge is 0.138 e. The monoisotopic (exact) mass is 360 g/mol. The number of phenolic OH excluding ortho intramolecular Hbond substituents is 2. The van der Waals surface area contributed by atoms with Crippen LogP contribution in [0.15, 0.2) is 36.4 Å². The number of alkyl halides is 1. The molecule has 2 aromatic carbocycles. The lowest BCUT2D eigenvalue weighted by molar-refractivity contribution is 0.322. The van der Waals surface area contributed by atoms with Crippen LogP contribution in [0, 0.1) is 0 Å². The first-order valence-electron chi connectivity index (χ1n) is 9.18. The Morgan fingerprint density at radius 1 is 0.846 bits per heavy atom. The molecule has 0 aliphatic carbocycles. The van der Waals surface area contributed by atoms with Crippen LogP contribution in [-0.2, 0) is 5.41 Å². The molecule has 142 valence electrons. The molecule has 2 rings (SSSR count). The number of aromatic hydroxyl groups is 2. The van der Waals surface area contributed by atoms with E-state index in [0.717, 1.165) is 25.7 Å². The zero-order chi connectivity index (χ0) is 19.2. The van der Waals surface area contributed by atoms with Crippen molar-refractivity contribution < 1.29 is 14.6 Å². The van der Waals surface area contributed by atoms with Crippen molar-refractivity contribution in [2.24, 2.45) is 0 Å². The lowest BCUT2D eigenvalue weighted by atomic mass is 9.71. The summed E-state index contributed by atoms with van der Waals surface area (Å²) in [5, 5.41) is 19.5. The summed E-state index contributed by atoms with van der Waals surface area (Å²) in [6.07, 6.45) is 5.93. The normalized spacial score (nSPS) is 11.6. The highest BCUT2D eigenvalue weighted by Gasteiger charge is 2.35. The van der Waals surface area contributed by atoms with E-state index in [4.69, 9.17) is 11.5 Å². The summed E-state index contributed by atoms with van der Waals surface area (Å²) >= 11 is 0. The number of phenols is 2. The molecule has 0 aliphatic heterocycles. The molecule has 0 amide bonds. The van der Waals surface area contributed by atoms with Gasteiger partial charge >= 0.3 is 0 Å². The molecule has 0 bridgehead atoms. The number of rotatable bonds is 9. The predicted octanol–water partition coefficient (Wildman–Crippen LogP) is 4.88. The maximum atomic E-state index is 14.5. The average Bonchev–Trinajstić information content (AvgIpc) is 2.63. The molecule has 0 unspecified atom stereocenters. The summed E-state index contributed by atoms with van der Waals surface area (Å²) in [6.45, 7) is 1.54. The van der Waals surface area contributed by atoms with Crippen LogP contribution in [0.2, 0.25) is 0 Å². The molecule has 0 atom stereocenters. The van der Waals surface area contributed by atoms with Crippen molar-refractivity contribution in [2.75, 3.05) is 18.1 Å². The standard InChI is InChI=1S/C21H29FN2O2/c1-2-3-4-5-6-11-21(14-22,15-7-9-19(25)17(23)12-15)16-8-10-20(26)18(24)13-16/h7-10,12-13,25-26H,2-6,11,14,23-24H2,1H3. The van der Waals surface area contributed by atoms with Gasteiger partial charge in [0.25, 0.3) is 0 Å². The molecule has 0 fully saturated rings. The molecule has 26 heavy (non-hydrogen) atoms. The largest absolute Gasteiger partial charge is 0.506 e. The van der Waals surface area contributed by atoms with Gasteiger partial charge in [0.1, 0.15) is 18.2 Å². The molecular formula is C21H29FN2O2. The van der Waals surface area contributed by atoms with Gasteiger partial charge in [0, 0.05) is 5.41 Å². The SMILES string of the molecule is CCCCCCCC(CF)(c1ccc(O)c(N)c1)c1ccc(O)c(N)c1. The zero-order valence-corrected chi connectivity index (χ0v) is 15.3. The van der Waals surface area contributed by atoms with Gasteiger partial charge in [0.2, 0.25) is 0 Å². The van der Waals surface area contributed by atoms with E-state index in [9.17, 15) is 14.6 Å². The third kappa shape index (κ3) is 4.21. The minimum atomic E-state index is -0.907.